The van der Waals surface area contributed by atoms with Gasteiger partial charge in [0, 0.05) is 5.56 Å². The normalized spacial score (nSPS) is 21.9. The van der Waals surface area contributed by atoms with Gasteiger partial charge >= 0.3 is 0 Å². The van der Waals surface area contributed by atoms with Crippen molar-refractivity contribution in [1.29, 1.82) is 0 Å². The van der Waals surface area contributed by atoms with Gasteiger partial charge < -0.3 is 20.2 Å². The number of benzene rings is 2. The van der Waals surface area contributed by atoms with Crippen LogP contribution in [0.2, 0.25) is 0 Å². The summed E-state index contributed by atoms with van der Waals surface area (Å²) in [5.74, 6) is -1.92. The van der Waals surface area contributed by atoms with E-state index in [0.717, 1.165) is 32.7 Å². The van der Waals surface area contributed by atoms with Crippen LogP contribution in [0, 0.1) is 5.82 Å². The third kappa shape index (κ3) is 3.99. The Morgan fingerprint density at radius 3 is 2.40 bits per heavy atom. The van der Waals surface area contributed by atoms with Crippen LogP contribution in [0.15, 0.2) is 60.2 Å². The quantitative estimate of drug-likeness (QED) is 0.360. The summed E-state index contributed by atoms with van der Waals surface area (Å²) in [7, 11) is 0. The SMILES string of the molecule is O=C1C(=O)N(CC[NH+]2CC[NH2+]CC2)[C@H](c2ccc(F)cc2)C1=C(O)c1ccccc1. The number of halogens is 1. The summed E-state index contributed by atoms with van der Waals surface area (Å²) in [5.41, 5.74) is 1.13. The van der Waals surface area contributed by atoms with Crippen molar-refractivity contribution in [1.82, 2.24) is 4.90 Å². The van der Waals surface area contributed by atoms with Crippen LogP contribution in [0.1, 0.15) is 17.2 Å². The molecule has 2 aliphatic rings. The minimum absolute atomic E-state index is 0.0554. The molecule has 0 bridgehead atoms. The van der Waals surface area contributed by atoms with Gasteiger partial charge in [-0.2, -0.15) is 0 Å². The Kier molecular flexibility index (Phi) is 5.92. The van der Waals surface area contributed by atoms with Gasteiger partial charge in [0.25, 0.3) is 11.7 Å². The molecular formula is C23H26FN3O3+2. The molecule has 0 aromatic heterocycles. The molecule has 0 unspecified atom stereocenters. The fraction of sp³-hybridized carbons (Fsp3) is 0.304. The molecule has 4 rings (SSSR count). The minimum Gasteiger partial charge on any atom is -0.507 e. The Balaban J connectivity index is 1.72. The van der Waals surface area contributed by atoms with E-state index in [0.29, 0.717) is 17.7 Å². The number of hydrogen-bond acceptors (Lipinski definition) is 3. The maximum absolute atomic E-state index is 13.5. The van der Waals surface area contributed by atoms with E-state index in [1.54, 1.807) is 36.4 Å². The molecule has 6 nitrogen and oxygen atoms in total. The van der Waals surface area contributed by atoms with E-state index < -0.39 is 23.5 Å². The number of carbonyl (C=O) groups is 2. The predicted octanol–water partition coefficient (Wildman–Crippen LogP) is -0.291. The second kappa shape index (κ2) is 8.77. The van der Waals surface area contributed by atoms with Gasteiger partial charge in [-0.3, -0.25) is 9.59 Å². The molecule has 2 fully saturated rings. The summed E-state index contributed by atoms with van der Waals surface area (Å²) < 4.78 is 13.5. The van der Waals surface area contributed by atoms with E-state index in [-0.39, 0.29) is 11.3 Å². The molecule has 2 heterocycles. The lowest BCUT2D eigenvalue weighted by atomic mass is 9.95. The molecule has 0 aliphatic carbocycles. The molecule has 0 radical (unpaired) electrons. The van der Waals surface area contributed by atoms with Gasteiger partial charge in [0.15, 0.2) is 0 Å². The van der Waals surface area contributed by atoms with Crippen LogP contribution < -0.4 is 10.2 Å². The summed E-state index contributed by atoms with van der Waals surface area (Å²) >= 11 is 0. The lowest BCUT2D eigenvalue weighted by Gasteiger charge is -2.28. The lowest BCUT2D eigenvalue weighted by Crippen LogP contribution is -3.20. The van der Waals surface area contributed by atoms with Crippen LogP contribution in [0.4, 0.5) is 4.39 Å². The van der Waals surface area contributed by atoms with Gasteiger partial charge in [-0.1, -0.05) is 42.5 Å². The zero-order chi connectivity index (χ0) is 21.1. The maximum Gasteiger partial charge on any atom is 0.295 e. The number of nitrogens with one attached hydrogen (secondary N) is 1. The Hall–Kier alpha value is -3.03. The average molecular weight is 411 g/mol. The highest BCUT2D eigenvalue weighted by Crippen LogP contribution is 2.39. The summed E-state index contributed by atoms with van der Waals surface area (Å²) in [5, 5.41) is 13.2. The Morgan fingerprint density at radius 1 is 1.07 bits per heavy atom. The molecule has 0 spiro atoms. The summed E-state index contributed by atoms with van der Waals surface area (Å²) in [6, 6.07) is 13.7. The molecule has 2 aliphatic heterocycles. The van der Waals surface area contributed by atoms with Crippen molar-refractivity contribution in [2.75, 3.05) is 39.3 Å². The van der Waals surface area contributed by atoms with Crippen LogP contribution in [0.3, 0.4) is 0 Å². The second-order valence-electron chi connectivity index (χ2n) is 7.78. The van der Waals surface area contributed by atoms with E-state index in [9.17, 15) is 19.1 Å². The topological polar surface area (TPSA) is 78.7 Å². The number of nitrogens with zero attached hydrogens (tertiary/aromatic N) is 1. The van der Waals surface area contributed by atoms with E-state index in [1.165, 1.54) is 21.9 Å². The molecule has 156 valence electrons. The summed E-state index contributed by atoms with van der Waals surface area (Å²) in [4.78, 5) is 28.8. The summed E-state index contributed by atoms with van der Waals surface area (Å²) in [6.45, 7) is 5.23. The molecule has 2 aromatic carbocycles. The molecule has 2 aromatic rings. The number of quaternary nitrogens is 2. The first-order chi connectivity index (χ1) is 14.6. The first-order valence-corrected chi connectivity index (χ1v) is 10.3. The first kappa shape index (κ1) is 20.3. The number of amides is 1. The number of rotatable bonds is 5. The highest BCUT2D eigenvalue weighted by atomic mass is 19.1. The van der Waals surface area contributed by atoms with Crippen molar-refractivity contribution in [3.63, 3.8) is 0 Å². The number of carbonyl (C=O) groups excluding carboxylic acids is 2. The van der Waals surface area contributed by atoms with Crippen LogP contribution in [0.5, 0.6) is 0 Å². The Labute approximate surface area is 174 Å². The van der Waals surface area contributed by atoms with E-state index >= 15 is 0 Å². The highest BCUT2D eigenvalue weighted by molar-refractivity contribution is 6.46. The lowest BCUT2D eigenvalue weighted by molar-refractivity contribution is -0.946. The van der Waals surface area contributed by atoms with Crippen molar-refractivity contribution >= 4 is 17.4 Å². The van der Waals surface area contributed by atoms with E-state index in [2.05, 4.69) is 5.32 Å². The molecular weight excluding hydrogens is 385 g/mol. The zero-order valence-electron chi connectivity index (χ0n) is 16.7. The van der Waals surface area contributed by atoms with Crippen LogP contribution in [0.25, 0.3) is 5.76 Å². The first-order valence-electron chi connectivity index (χ1n) is 10.3. The third-order valence-electron chi connectivity index (χ3n) is 5.88. The number of piperazine rings is 1. The monoisotopic (exact) mass is 411 g/mol. The molecule has 1 atom stereocenters. The van der Waals surface area contributed by atoms with Crippen molar-refractivity contribution in [3.05, 3.63) is 77.1 Å². The van der Waals surface area contributed by atoms with Crippen LogP contribution in [-0.2, 0) is 9.59 Å². The Bertz CT molecular complexity index is 953. The van der Waals surface area contributed by atoms with Crippen molar-refractivity contribution < 1.29 is 29.3 Å². The van der Waals surface area contributed by atoms with Crippen LogP contribution in [-0.4, -0.2) is 61.0 Å². The number of ketones is 1. The largest absolute Gasteiger partial charge is 0.507 e. The number of hydrogen-bond donors (Lipinski definition) is 3. The molecule has 0 saturated carbocycles. The number of likely N-dealkylation sites (tertiary alicyclic amines) is 1. The van der Waals surface area contributed by atoms with Gasteiger partial charge in [0.05, 0.1) is 24.7 Å². The Morgan fingerprint density at radius 2 is 1.73 bits per heavy atom. The average Bonchev–Trinajstić information content (AvgIpc) is 3.04. The molecule has 2 saturated heterocycles. The molecule has 7 heteroatoms. The fourth-order valence-electron chi connectivity index (χ4n) is 4.26. The molecule has 30 heavy (non-hydrogen) atoms. The van der Waals surface area contributed by atoms with Crippen molar-refractivity contribution in [3.8, 4) is 0 Å². The van der Waals surface area contributed by atoms with E-state index in [4.69, 9.17) is 0 Å². The van der Waals surface area contributed by atoms with Gasteiger partial charge in [-0.05, 0) is 17.7 Å². The number of Topliss-reactive ketones (excluding diaryl/α,β-unsaturated/α-hetero) is 1. The number of nitrogens with two attached hydrogens (primary N) is 1. The smallest absolute Gasteiger partial charge is 0.295 e. The molecule has 4 N–H and O–H groups in total. The predicted molar refractivity (Wildman–Crippen MR) is 109 cm³/mol. The van der Waals surface area contributed by atoms with Crippen LogP contribution >= 0.6 is 0 Å². The highest BCUT2D eigenvalue weighted by Gasteiger charge is 2.46. The van der Waals surface area contributed by atoms with Crippen molar-refractivity contribution in [2.45, 2.75) is 6.04 Å². The standard InChI is InChI=1S/C23H24FN3O3/c24-18-8-6-16(7-9-18)20-19(21(28)17-4-2-1-3-5-17)22(29)23(30)27(20)15-14-26-12-10-25-11-13-26/h1-9,20,25,28H,10-15H2/p+2/t20-/m1/s1. The maximum atomic E-state index is 13.5. The molecule has 1 amide bonds. The third-order valence-corrected chi connectivity index (χ3v) is 5.88. The van der Waals surface area contributed by atoms with Gasteiger partial charge in [0.1, 0.15) is 37.8 Å². The summed E-state index contributed by atoms with van der Waals surface area (Å²) in [6.07, 6.45) is 0. The van der Waals surface area contributed by atoms with Gasteiger partial charge in [-0.25, -0.2) is 4.39 Å². The zero-order valence-corrected chi connectivity index (χ0v) is 16.7. The van der Waals surface area contributed by atoms with E-state index in [1.807, 2.05) is 6.07 Å². The van der Waals surface area contributed by atoms with Gasteiger partial charge in [-0.15, -0.1) is 0 Å². The van der Waals surface area contributed by atoms with Crippen molar-refractivity contribution in [2.24, 2.45) is 0 Å². The minimum atomic E-state index is -0.735. The van der Waals surface area contributed by atoms with Gasteiger partial charge in [0.2, 0.25) is 0 Å². The number of aliphatic hydroxyl groups is 1. The fourth-order valence-corrected chi connectivity index (χ4v) is 4.26. The second-order valence-corrected chi connectivity index (χ2v) is 7.78. The number of aliphatic hydroxyl groups excluding tert-OH is 1.